The number of methoxy groups -OCH3 is 1. The normalized spacial score (nSPS) is 16.6. The minimum atomic E-state index is 0.457. The van der Waals surface area contributed by atoms with Crippen molar-refractivity contribution in [2.75, 3.05) is 31.6 Å². The summed E-state index contributed by atoms with van der Waals surface area (Å²) in [5.41, 5.74) is 10.4. The number of nitrogens with zero attached hydrogens (tertiary/aromatic N) is 3. The third-order valence-electron chi connectivity index (χ3n) is 7.31. The average molecular weight is 458 g/mol. The van der Waals surface area contributed by atoms with Gasteiger partial charge in [0.25, 0.3) is 0 Å². The van der Waals surface area contributed by atoms with Crippen LogP contribution in [0.15, 0.2) is 48.5 Å². The van der Waals surface area contributed by atoms with E-state index in [0.717, 1.165) is 56.2 Å². The Balaban J connectivity index is 1.51. The minimum Gasteiger partial charge on any atom is -0.497 e. The quantitative estimate of drug-likeness (QED) is 0.422. The zero-order chi connectivity index (χ0) is 24.2. The smallest absolute Gasteiger partial charge is 0.119 e. The number of benzene rings is 2. The predicted molar refractivity (Wildman–Crippen MR) is 143 cm³/mol. The van der Waals surface area contributed by atoms with Crippen LogP contribution in [-0.4, -0.2) is 42.7 Å². The van der Waals surface area contributed by atoms with Crippen LogP contribution in [0.25, 0.3) is 11.3 Å². The molecular formula is C30H39N3O. The molecule has 3 aromatic rings. The molecule has 1 aromatic heterocycles. The van der Waals surface area contributed by atoms with Gasteiger partial charge in [0.05, 0.1) is 12.8 Å². The van der Waals surface area contributed by atoms with E-state index in [2.05, 4.69) is 92.9 Å². The lowest BCUT2D eigenvalue weighted by atomic mass is 9.93. The lowest BCUT2D eigenvalue weighted by Gasteiger charge is -2.41. The summed E-state index contributed by atoms with van der Waals surface area (Å²) in [6, 6.07) is 17.9. The zero-order valence-corrected chi connectivity index (χ0v) is 21.7. The summed E-state index contributed by atoms with van der Waals surface area (Å²) < 4.78 is 5.32. The van der Waals surface area contributed by atoms with Crippen molar-refractivity contribution in [3.05, 3.63) is 76.5 Å². The number of anilines is 1. The van der Waals surface area contributed by atoms with E-state index < -0.39 is 0 Å². The number of piperazine rings is 1. The maximum Gasteiger partial charge on any atom is 0.119 e. The number of hydrogen-bond acceptors (Lipinski definition) is 4. The molecule has 1 unspecified atom stereocenters. The molecule has 4 nitrogen and oxygen atoms in total. The number of pyridine rings is 1. The van der Waals surface area contributed by atoms with Crippen molar-refractivity contribution in [3.63, 3.8) is 0 Å². The standard InChI is InChI=1S/C30H39N3O/c1-7-24-10-9-11-25(8-2)30(24)29-18-21(3)28(23(5)31-29)20-32-16-17-33(22(4)19-32)26-12-14-27(34-6)15-13-26/h9-15,18,22H,7-8,16-17,19-20H2,1-6H3. The summed E-state index contributed by atoms with van der Waals surface area (Å²) >= 11 is 0. The van der Waals surface area contributed by atoms with Crippen LogP contribution in [0.2, 0.25) is 0 Å². The second-order valence-electron chi connectivity index (χ2n) is 9.52. The van der Waals surface area contributed by atoms with Crippen LogP contribution in [0.3, 0.4) is 0 Å². The molecule has 0 amide bonds. The summed E-state index contributed by atoms with van der Waals surface area (Å²) in [6.45, 7) is 15.3. The van der Waals surface area contributed by atoms with Crippen molar-refractivity contribution in [1.82, 2.24) is 9.88 Å². The first-order valence-corrected chi connectivity index (χ1v) is 12.7. The largest absolute Gasteiger partial charge is 0.497 e. The highest BCUT2D eigenvalue weighted by Gasteiger charge is 2.25. The monoisotopic (exact) mass is 457 g/mol. The Hall–Kier alpha value is -2.85. The van der Waals surface area contributed by atoms with E-state index >= 15 is 0 Å². The number of ether oxygens (including phenoxy) is 1. The van der Waals surface area contributed by atoms with E-state index in [4.69, 9.17) is 9.72 Å². The van der Waals surface area contributed by atoms with E-state index in [1.165, 1.54) is 33.5 Å². The second kappa shape index (κ2) is 10.6. The van der Waals surface area contributed by atoms with Gasteiger partial charge < -0.3 is 9.64 Å². The molecule has 4 heteroatoms. The first kappa shape index (κ1) is 24.3. The van der Waals surface area contributed by atoms with Gasteiger partial charge in [-0.1, -0.05) is 32.0 Å². The lowest BCUT2D eigenvalue weighted by molar-refractivity contribution is 0.220. The summed E-state index contributed by atoms with van der Waals surface area (Å²) in [6.07, 6.45) is 2.06. The van der Waals surface area contributed by atoms with E-state index in [-0.39, 0.29) is 0 Å². The van der Waals surface area contributed by atoms with Crippen LogP contribution in [0.4, 0.5) is 5.69 Å². The highest BCUT2D eigenvalue weighted by atomic mass is 16.5. The lowest BCUT2D eigenvalue weighted by Crippen LogP contribution is -2.51. The fraction of sp³-hybridized carbons (Fsp3) is 0.433. The van der Waals surface area contributed by atoms with Crippen LogP contribution >= 0.6 is 0 Å². The van der Waals surface area contributed by atoms with Gasteiger partial charge >= 0.3 is 0 Å². The van der Waals surface area contributed by atoms with Gasteiger partial charge in [-0.15, -0.1) is 0 Å². The fourth-order valence-electron chi connectivity index (χ4n) is 5.35. The molecule has 1 fully saturated rings. The zero-order valence-electron chi connectivity index (χ0n) is 21.7. The third-order valence-corrected chi connectivity index (χ3v) is 7.31. The maximum absolute atomic E-state index is 5.32. The summed E-state index contributed by atoms with van der Waals surface area (Å²) in [5.74, 6) is 0.907. The summed E-state index contributed by atoms with van der Waals surface area (Å²) in [7, 11) is 1.72. The van der Waals surface area contributed by atoms with Crippen molar-refractivity contribution < 1.29 is 4.74 Å². The van der Waals surface area contributed by atoms with E-state index in [1.807, 2.05) is 0 Å². The second-order valence-corrected chi connectivity index (χ2v) is 9.52. The molecule has 0 spiro atoms. The minimum absolute atomic E-state index is 0.457. The number of hydrogen-bond donors (Lipinski definition) is 0. The SMILES string of the molecule is CCc1cccc(CC)c1-c1cc(C)c(CN2CCN(c3ccc(OC)cc3)C(C)C2)c(C)n1. The number of rotatable bonds is 7. The van der Waals surface area contributed by atoms with Crippen LogP contribution in [0.5, 0.6) is 5.75 Å². The molecule has 0 N–H and O–H groups in total. The van der Waals surface area contributed by atoms with Crippen LogP contribution < -0.4 is 9.64 Å². The van der Waals surface area contributed by atoms with Gasteiger partial charge in [-0.2, -0.15) is 0 Å². The highest BCUT2D eigenvalue weighted by Crippen LogP contribution is 2.31. The molecule has 0 saturated carbocycles. The van der Waals surface area contributed by atoms with Crippen molar-refractivity contribution in [2.45, 2.75) is 60.0 Å². The van der Waals surface area contributed by atoms with E-state index in [9.17, 15) is 0 Å². The molecular weight excluding hydrogens is 418 g/mol. The molecule has 34 heavy (non-hydrogen) atoms. The molecule has 180 valence electrons. The highest BCUT2D eigenvalue weighted by molar-refractivity contribution is 5.69. The summed E-state index contributed by atoms with van der Waals surface area (Å²) in [5, 5.41) is 0. The molecule has 4 rings (SSSR count). The van der Waals surface area contributed by atoms with Gasteiger partial charge in [0.2, 0.25) is 0 Å². The Labute approximate surface area is 205 Å². The van der Waals surface area contributed by atoms with Gasteiger partial charge in [-0.05, 0) is 86.2 Å². The molecule has 0 radical (unpaired) electrons. The summed E-state index contributed by atoms with van der Waals surface area (Å²) in [4.78, 5) is 10.2. The average Bonchev–Trinajstić information content (AvgIpc) is 2.85. The van der Waals surface area contributed by atoms with Crippen molar-refractivity contribution >= 4 is 5.69 Å². The number of aromatic nitrogens is 1. The molecule has 1 aliphatic heterocycles. The van der Waals surface area contributed by atoms with Gasteiger partial charge in [-0.3, -0.25) is 9.88 Å². The Kier molecular flexibility index (Phi) is 7.57. The molecule has 0 aliphatic carbocycles. The van der Waals surface area contributed by atoms with E-state index in [0.29, 0.717) is 6.04 Å². The van der Waals surface area contributed by atoms with E-state index in [1.54, 1.807) is 7.11 Å². The van der Waals surface area contributed by atoms with Gasteiger partial charge in [-0.25, -0.2) is 0 Å². The molecule has 1 atom stereocenters. The van der Waals surface area contributed by atoms with Crippen molar-refractivity contribution in [2.24, 2.45) is 0 Å². The Bertz CT molecular complexity index is 1080. The van der Waals surface area contributed by atoms with Crippen molar-refractivity contribution in [1.29, 1.82) is 0 Å². The Morgan fingerprint density at radius 2 is 1.65 bits per heavy atom. The topological polar surface area (TPSA) is 28.6 Å². The Morgan fingerprint density at radius 1 is 0.971 bits per heavy atom. The third kappa shape index (κ3) is 4.97. The molecule has 2 heterocycles. The maximum atomic E-state index is 5.32. The predicted octanol–water partition coefficient (Wildman–Crippen LogP) is 6.21. The first-order valence-electron chi connectivity index (χ1n) is 12.7. The fourth-order valence-corrected chi connectivity index (χ4v) is 5.35. The molecule has 2 aromatic carbocycles. The van der Waals surface area contributed by atoms with Gasteiger partial charge in [0.15, 0.2) is 0 Å². The van der Waals surface area contributed by atoms with Crippen LogP contribution in [-0.2, 0) is 19.4 Å². The van der Waals surface area contributed by atoms with Crippen molar-refractivity contribution in [3.8, 4) is 17.0 Å². The van der Waals surface area contributed by atoms with Gasteiger partial charge in [0, 0.05) is 49.2 Å². The van der Waals surface area contributed by atoms with Crippen LogP contribution in [0.1, 0.15) is 48.7 Å². The van der Waals surface area contributed by atoms with Gasteiger partial charge in [0.1, 0.15) is 5.75 Å². The Morgan fingerprint density at radius 3 is 2.21 bits per heavy atom. The van der Waals surface area contributed by atoms with Crippen LogP contribution in [0, 0.1) is 13.8 Å². The first-order chi connectivity index (χ1) is 16.4. The molecule has 1 aliphatic rings. The molecule has 1 saturated heterocycles. The number of aryl methyl sites for hydroxylation is 4. The molecule has 0 bridgehead atoms.